The van der Waals surface area contributed by atoms with Gasteiger partial charge in [-0.1, -0.05) is 35.0 Å². The van der Waals surface area contributed by atoms with E-state index in [2.05, 4.69) is 68.6 Å². The highest BCUT2D eigenvalue weighted by molar-refractivity contribution is 14.1. The molecule has 0 spiro atoms. The summed E-state index contributed by atoms with van der Waals surface area (Å²) in [6.07, 6.45) is 0.923. The van der Waals surface area contributed by atoms with Crippen LogP contribution in [0.3, 0.4) is 0 Å². The van der Waals surface area contributed by atoms with Crippen LogP contribution in [0.5, 0.6) is 0 Å². The predicted molar refractivity (Wildman–Crippen MR) is 79.1 cm³/mol. The Bertz CT molecular complexity index is 527. The van der Waals surface area contributed by atoms with Crippen LogP contribution in [0.4, 0.5) is 0 Å². The van der Waals surface area contributed by atoms with E-state index in [1.165, 1.54) is 5.56 Å². The highest BCUT2D eigenvalue weighted by atomic mass is 127. The molecule has 5 heteroatoms. The second-order valence-electron chi connectivity index (χ2n) is 3.76. The molecule has 2 rings (SSSR count). The van der Waals surface area contributed by atoms with E-state index in [1.54, 1.807) is 0 Å². The summed E-state index contributed by atoms with van der Waals surface area (Å²) >= 11 is 5.81. The molecule has 17 heavy (non-hydrogen) atoms. The molecule has 1 aromatic carbocycles. The highest BCUT2D eigenvalue weighted by Crippen LogP contribution is 2.30. The molecular weight excluding hydrogens is 395 g/mol. The summed E-state index contributed by atoms with van der Waals surface area (Å²) in [6.45, 7) is 4.14. The van der Waals surface area contributed by atoms with Gasteiger partial charge < -0.3 is 4.42 Å². The van der Waals surface area contributed by atoms with Gasteiger partial charge in [-0.15, -0.1) is 10.2 Å². The van der Waals surface area contributed by atoms with Crippen LogP contribution in [0.2, 0.25) is 0 Å². The monoisotopic (exact) mass is 406 g/mol. The normalized spacial score (nSPS) is 12.7. The molecule has 1 aromatic heterocycles. The lowest BCUT2D eigenvalue weighted by molar-refractivity contribution is 0.500. The van der Waals surface area contributed by atoms with E-state index in [0.717, 1.165) is 15.6 Å². The third-order valence-corrected chi connectivity index (χ3v) is 4.96. The zero-order valence-electron chi connectivity index (χ0n) is 9.58. The zero-order valence-corrected chi connectivity index (χ0v) is 13.3. The Morgan fingerprint density at radius 3 is 2.88 bits per heavy atom. The first-order valence-electron chi connectivity index (χ1n) is 5.36. The van der Waals surface area contributed by atoms with Crippen LogP contribution in [-0.4, -0.2) is 10.2 Å². The van der Waals surface area contributed by atoms with E-state index in [0.29, 0.717) is 11.8 Å². The number of rotatable bonds is 3. The fraction of sp³-hybridized carbons (Fsp3) is 0.333. The molecule has 0 aliphatic carbocycles. The van der Waals surface area contributed by atoms with Crippen molar-refractivity contribution in [3.63, 3.8) is 0 Å². The van der Waals surface area contributed by atoms with Gasteiger partial charge in [0, 0.05) is 3.57 Å². The Morgan fingerprint density at radius 2 is 2.18 bits per heavy atom. The van der Waals surface area contributed by atoms with Crippen molar-refractivity contribution in [2.24, 2.45) is 0 Å². The second kappa shape index (κ2) is 5.48. The number of benzene rings is 1. The Morgan fingerprint density at radius 1 is 1.41 bits per heavy atom. The molecule has 1 atom stereocenters. The molecule has 0 aliphatic heterocycles. The topological polar surface area (TPSA) is 38.9 Å². The first-order valence-corrected chi connectivity index (χ1v) is 7.36. The molecule has 0 amide bonds. The minimum Gasteiger partial charge on any atom is -0.419 e. The van der Waals surface area contributed by atoms with Crippen LogP contribution in [0.25, 0.3) is 11.5 Å². The van der Waals surface area contributed by atoms with Gasteiger partial charge in [0.15, 0.2) is 0 Å². The minimum absolute atomic E-state index is 0.131. The maximum Gasteiger partial charge on any atom is 0.248 e. The number of hydrogen-bond donors (Lipinski definition) is 0. The zero-order chi connectivity index (χ0) is 12.4. The number of hydrogen-bond acceptors (Lipinski definition) is 3. The van der Waals surface area contributed by atoms with Gasteiger partial charge in [-0.3, -0.25) is 0 Å². The van der Waals surface area contributed by atoms with Crippen molar-refractivity contribution >= 4 is 38.5 Å². The van der Waals surface area contributed by atoms with E-state index < -0.39 is 0 Å². The van der Waals surface area contributed by atoms with Gasteiger partial charge in [0.25, 0.3) is 0 Å². The summed E-state index contributed by atoms with van der Waals surface area (Å²) in [5, 5.41) is 8.17. The maximum absolute atomic E-state index is 5.68. The molecule has 0 N–H and O–H groups in total. The number of halogens is 2. The largest absolute Gasteiger partial charge is 0.419 e. The van der Waals surface area contributed by atoms with Gasteiger partial charge in [0.2, 0.25) is 11.8 Å². The van der Waals surface area contributed by atoms with Gasteiger partial charge in [0.05, 0.1) is 10.4 Å². The molecule has 0 saturated carbocycles. The maximum atomic E-state index is 5.68. The fourth-order valence-corrected chi connectivity index (χ4v) is 2.23. The van der Waals surface area contributed by atoms with Crippen LogP contribution in [-0.2, 0) is 0 Å². The number of aromatic nitrogens is 2. The van der Waals surface area contributed by atoms with Gasteiger partial charge in [-0.05, 0) is 47.6 Å². The number of nitrogens with zero attached hydrogens (tertiary/aromatic N) is 2. The van der Waals surface area contributed by atoms with Crippen molar-refractivity contribution in [3.05, 3.63) is 33.2 Å². The quantitative estimate of drug-likeness (QED) is 0.556. The van der Waals surface area contributed by atoms with E-state index >= 15 is 0 Å². The molecule has 0 fully saturated rings. The van der Waals surface area contributed by atoms with E-state index in [1.807, 2.05) is 12.1 Å². The molecule has 90 valence electrons. The van der Waals surface area contributed by atoms with E-state index in [-0.39, 0.29) is 4.83 Å². The average Bonchev–Trinajstić information content (AvgIpc) is 2.81. The molecule has 1 unspecified atom stereocenters. The van der Waals surface area contributed by atoms with Gasteiger partial charge in [-0.2, -0.15) is 0 Å². The lowest BCUT2D eigenvalue weighted by Crippen LogP contribution is -1.86. The highest BCUT2D eigenvalue weighted by Gasteiger charge is 2.16. The molecule has 3 nitrogen and oxygen atoms in total. The van der Waals surface area contributed by atoms with Crippen LogP contribution < -0.4 is 0 Å². The van der Waals surface area contributed by atoms with Crippen molar-refractivity contribution in [2.45, 2.75) is 25.1 Å². The number of aryl methyl sites for hydroxylation is 1. The summed E-state index contributed by atoms with van der Waals surface area (Å²) in [5.74, 6) is 1.23. The molecule has 0 bridgehead atoms. The van der Waals surface area contributed by atoms with Crippen LogP contribution in [0.15, 0.2) is 22.6 Å². The van der Waals surface area contributed by atoms with Crippen molar-refractivity contribution in [2.75, 3.05) is 0 Å². The Balaban J connectivity index is 2.40. The third kappa shape index (κ3) is 2.70. The molecule has 0 radical (unpaired) electrons. The fourth-order valence-electron chi connectivity index (χ4n) is 1.46. The molecule has 2 aromatic rings. The first kappa shape index (κ1) is 13.0. The molecule has 0 aliphatic rings. The molecule has 0 saturated heterocycles. The van der Waals surface area contributed by atoms with Crippen molar-refractivity contribution in [1.29, 1.82) is 0 Å². The summed E-state index contributed by atoms with van der Waals surface area (Å²) in [7, 11) is 0. The van der Waals surface area contributed by atoms with Gasteiger partial charge >= 0.3 is 0 Å². The first-order chi connectivity index (χ1) is 8.13. The van der Waals surface area contributed by atoms with Crippen LogP contribution >= 0.6 is 38.5 Å². The van der Waals surface area contributed by atoms with Crippen LogP contribution in [0.1, 0.15) is 29.6 Å². The van der Waals surface area contributed by atoms with E-state index in [9.17, 15) is 0 Å². The Hall–Kier alpha value is -0.430. The van der Waals surface area contributed by atoms with E-state index in [4.69, 9.17) is 4.42 Å². The predicted octanol–water partition coefficient (Wildman–Crippen LogP) is 4.50. The van der Waals surface area contributed by atoms with Crippen molar-refractivity contribution in [1.82, 2.24) is 10.2 Å². The van der Waals surface area contributed by atoms with Gasteiger partial charge in [0.1, 0.15) is 0 Å². The Labute approximate surface area is 122 Å². The van der Waals surface area contributed by atoms with Gasteiger partial charge in [-0.25, -0.2) is 0 Å². The van der Waals surface area contributed by atoms with Crippen molar-refractivity contribution < 1.29 is 4.42 Å². The van der Waals surface area contributed by atoms with Crippen molar-refractivity contribution in [3.8, 4) is 11.5 Å². The minimum atomic E-state index is 0.131. The lowest BCUT2D eigenvalue weighted by atomic mass is 10.1. The van der Waals surface area contributed by atoms with Crippen LogP contribution in [0, 0.1) is 10.5 Å². The number of alkyl halides is 1. The standard InChI is InChI=1S/C12H12BrIN2O/c1-3-9(13)12-16-15-11(17-12)8-6-4-5-7(2)10(8)14/h4-6,9H,3H2,1-2H3. The summed E-state index contributed by atoms with van der Waals surface area (Å²) in [4.78, 5) is 0.131. The molecular formula is C12H12BrIN2O. The SMILES string of the molecule is CCC(Br)c1nnc(-c2cccc(C)c2I)o1. The smallest absolute Gasteiger partial charge is 0.248 e. The summed E-state index contributed by atoms with van der Waals surface area (Å²) < 4.78 is 6.84. The summed E-state index contributed by atoms with van der Waals surface area (Å²) in [6, 6.07) is 6.07. The molecule has 1 heterocycles. The second-order valence-corrected chi connectivity index (χ2v) is 5.94. The lowest BCUT2D eigenvalue weighted by Gasteiger charge is -2.02. The average molecular weight is 407 g/mol. The third-order valence-electron chi connectivity index (χ3n) is 2.49. The Kier molecular flexibility index (Phi) is 4.19. The summed E-state index contributed by atoms with van der Waals surface area (Å²) in [5.41, 5.74) is 2.22.